The number of rotatable bonds is 7. The Kier molecular flexibility index (Phi) is 6.20. The third-order valence-electron chi connectivity index (χ3n) is 8.23. The molecule has 10 nitrogen and oxygen atoms in total. The first-order chi connectivity index (χ1) is 19.8. The van der Waals surface area contributed by atoms with Crippen LogP contribution in [0.4, 0.5) is 19.1 Å². The lowest BCUT2D eigenvalue weighted by molar-refractivity contribution is -0.140. The van der Waals surface area contributed by atoms with Crippen molar-refractivity contribution in [3.8, 4) is 17.3 Å². The van der Waals surface area contributed by atoms with Gasteiger partial charge in [-0.2, -0.15) is 13.2 Å². The molecule has 4 aromatic heterocycles. The standard InChI is InChI=1S/C28H29F3N8O2/c1-41-26-22(23(17-2-3-17)33-15-34-26)24-32-12-18-4-7-21(40)39(25(18)36-24)13-16-8-10-37(11-9-16)27-35-20(28(29,30)31)14-38(27)19-5-6-19/h4,7,12,14-17,19H,2-3,5-6,8-11,13H2,1H3. The van der Waals surface area contributed by atoms with Crippen molar-refractivity contribution < 1.29 is 17.9 Å². The van der Waals surface area contributed by atoms with Gasteiger partial charge in [0.1, 0.15) is 17.5 Å². The van der Waals surface area contributed by atoms with Gasteiger partial charge in [0.25, 0.3) is 5.56 Å². The molecule has 0 aromatic carbocycles. The Morgan fingerprint density at radius 1 is 1.00 bits per heavy atom. The lowest BCUT2D eigenvalue weighted by Gasteiger charge is -2.33. The number of anilines is 1. The number of pyridine rings is 1. The van der Waals surface area contributed by atoms with Crippen LogP contribution in [-0.2, 0) is 12.7 Å². The molecule has 0 amide bonds. The van der Waals surface area contributed by atoms with Crippen LogP contribution < -0.4 is 15.2 Å². The summed E-state index contributed by atoms with van der Waals surface area (Å²) in [6.45, 7) is 1.58. The van der Waals surface area contributed by atoms with E-state index in [0.29, 0.717) is 67.3 Å². The Balaban J connectivity index is 1.15. The third-order valence-corrected chi connectivity index (χ3v) is 8.23. The Morgan fingerprint density at radius 2 is 1.78 bits per heavy atom. The molecule has 41 heavy (non-hydrogen) atoms. The number of hydrogen-bond acceptors (Lipinski definition) is 8. The lowest BCUT2D eigenvalue weighted by Crippen LogP contribution is -2.37. The van der Waals surface area contributed by atoms with Crippen molar-refractivity contribution in [2.24, 2.45) is 5.92 Å². The molecule has 0 spiro atoms. The molecule has 214 valence electrons. The molecule has 3 fully saturated rings. The predicted octanol–water partition coefficient (Wildman–Crippen LogP) is 4.60. The molecule has 0 radical (unpaired) electrons. The first kappa shape index (κ1) is 25.9. The summed E-state index contributed by atoms with van der Waals surface area (Å²) in [5.74, 6) is 1.67. The number of methoxy groups -OCH3 is 1. The maximum atomic E-state index is 13.4. The van der Waals surface area contributed by atoms with Gasteiger partial charge in [0.2, 0.25) is 11.8 Å². The van der Waals surface area contributed by atoms with E-state index in [1.165, 1.54) is 12.4 Å². The fourth-order valence-corrected chi connectivity index (χ4v) is 5.73. The maximum absolute atomic E-state index is 13.4. The molecular weight excluding hydrogens is 537 g/mol. The number of ether oxygens (including phenoxy) is 1. The summed E-state index contributed by atoms with van der Waals surface area (Å²) in [7, 11) is 1.55. The number of hydrogen-bond donors (Lipinski definition) is 0. The number of halogens is 3. The number of nitrogens with zero attached hydrogens (tertiary/aromatic N) is 8. The summed E-state index contributed by atoms with van der Waals surface area (Å²) in [6, 6.07) is 3.33. The summed E-state index contributed by atoms with van der Waals surface area (Å²) < 4.78 is 49.1. The Hall–Kier alpha value is -4.03. The van der Waals surface area contributed by atoms with Crippen LogP contribution in [0, 0.1) is 5.92 Å². The van der Waals surface area contributed by atoms with Crippen molar-refractivity contribution >= 4 is 17.0 Å². The summed E-state index contributed by atoms with van der Waals surface area (Å²) in [6.07, 6.45) is 5.09. The molecule has 2 saturated carbocycles. The number of alkyl halides is 3. The van der Waals surface area contributed by atoms with E-state index in [2.05, 4.69) is 19.9 Å². The molecule has 0 unspecified atom stereocenters. The first-order valence-electron chi connectivity index (χ1n) is 14.0. The molecule has 4 aromatic rings. The first-order valence-corrected chi connectivity index (χ1v) is 14.0. The van der Waals surface area contributed by atoms with E-state index in [1.54, 1.807) is 28.5 Å². The Labute approximate surface area is 233 Å². The second-order valence-electron chi connectivity index (χ2n) is 11.2. The van der Waals surface area contributed by atoms with Crippen LogP contribution in [0.25, 0.3) is 22.4 Å². The van der Waals surface area contributed by atoms with Crippen molar-refractivity contribution in [1.82, 2.24) is 34.1 Å². The van der Waals surface area contributed by atoms with E-state index in [4.69, 9.17) is 9.72 Å². The van der Waals surface area contributed by atoms with Crippen LogP contribution >= 0.6 is 0 Å². The largest absolute Gasteiger partial charge is 0.480 e. The van der Waals surface area contributed by atoms with E-state index < -0.39 is 11.9 Å². The van der Waals surface area contributed by atoms with Crippen LogP contribution in [-0.4, -0.2) is 54.3 Å². The Morgan fingerprint density at radius 3 is 2.46 bits per heavy atom. The van der Waals surface area contributed by atoms with E-state index in [-0.39, 0.29) is 17.5 Å². The topological polar surface area (TPSA) is 104 Å². The van der Waals surface area contributed by atoms with Crippen molar-refractivity contribution in [3.05, 3.63) is 52.6 Å². The van der Waals surface area contributed by atoms with E-state index in [9.17, 15) is 18.0 Å². The summed E-state index contributed by atoms with van der Waals surface area (Å²) in [5.41, 5.74) is 1.02. The van der Waals surface area contributed by atoms with Crippen molar-refractivity contribution in [2.75, 3.05) is 25.1 Å². The van der Waals surface area contributed by atoms with Gasteiger partial charge in [0, 0.05) is 55.4 Å². The summed E-state index contributed by atoms with van der Waals surface area (Å²) in [4.78, 5) is 37.2. The monoisotopic (exact) mass is 566 g/mol. The highest BCUT2D eigenvalue weighted by atomic mass is 19.4. The fraction of sp³-hybridized carbons (Fsp3) is 0.500. The normalized spacial score (nSPS) is 18.3. The highest BCUT2D eigenvalue weighted by Gasteiger charge is 2.39. The second-order valence-corrected chi connectivity index (χ2v) is 11.2. The third kappa shape index (κ3) is 4.91. The average Bonchev–Trinajstić information content (AvgIpc) is 3.92. The van der Waals surface area contributed by atoms with Gasteiger partial charge in [-0.1, -0.05) is 0 Å². The van der Waals surface area contributed by atoms with Gasteiger partial charge < -0.3 is 14.2 Å². The van der Waals surface area contributed by atoms with Gasteiger partial charge >= 0.3 is 6.18 Å². The number of aromatic nitrogens is 7. The van der Waals surface area contributed by atoms with Gasteiger partial charge in [0.15, 0.2) is 11.5 Å². The molecule has 5 heterocycles. The van der Waals surface area contributed by atoms with Crippen LogP contribution in [0.3, 0.4) is 0 Å². The molecule has 3 aliphatic rings. The quantitative estimate of drug-likeness (QED) is 0.320. The number of fused-ring (bicyclic) bond motifs is 1. The fourth-order valence-electron chi connectivity index (χ4n) is 5.73. The zero-order chi connectivity index (χ0) is 28.3. The van der Waals surface area contributed by atoms with Gasteiger partial charge in [-0.15, -0.1) is 0 Å². The van der Waals surface area contributed by atoms with Gasteiger partial charge in [-0.05, 0) is 50.5 Å². The molecule has 0 N–H and O–H groups in total. The van der Waals surface area contributed by atoms with Crippen LogP contribution in [0.1, 0.15) is 61.9 Å². The molecule has 0 bridgehead atoms. The van der Waals surface area contributed by atoms with E-state index in [0.717, 1.165) is 43.0 Å². The molecule has 1 aliphatic heterocycles. The molecule has 0 atom stereocenters. The smallest absolute Gasteiger partial charge is 0.434 e. The highest BCUT2D eigenvalue weighted by Crippen LogP contribution is 2.45. The minimum absolute atomic E-state index is 0.0866. The van der Waals surface area contributed by atoms with E-state index >= 15 is 0 Å². The maximum Gasteiger partial charge on any atom is 0.434 e. The second kappa shape index (κ2) is 9.81. The zero-order valence-electron chi connectivity index (χ0n) is 22.5. The molecule has 2 aliphatic carbocycles. The minimum atomic E-state index is -4.47. The SMILES string of the molecule is COc1ncnc(C2CC2)c1-c1ncc2ccc(=O)n(CC3CCN(c4nc(C(F)(F)F)cn4C4CC4)CC3)c2n1. The molecular formula is C28H29F3N8O2. The molecule has 13 heteroatoms. The van der Waals surface area contributed by atoms with Crippen LogP contribution in [0.15, 0.2) is 35.6 Å². The Bertz CT molecular complexity index is 1670. The number of piperidine rings is 1. The van der Waals surface area contributed by atoms with Crippen LogP contribution in [0.5, 0.6) is 5.88 Å². The summed E-state index contributed by atoms with van der Waals surface area (Å²) in [5, 5.41) is 0.737. The average molecular weight is 567 g/mol. The van der Waals surface area contributed by atoms with E-state index in [1.807, 2.05) is 4.90 Å². The summed E-state index contributed by atoms with van der Waals surface area (Å²) >= 11 is 0. The van der Waals surface area contributed by atoms with Crippen molar-refractivity contribution in [1.29, 1.82) is 0 Å². The van der Waals surface area contributed by atoms with Gasteiger partial charge in [-0.3, -0.25) is 9.36 Å². The molecule has 7 rings (SSSR count). The highest BCUT2D eigenvalue weighted by molar-refractivity contribution is 5.77. The molecule has 1 saturated heterocycles. The minimum Gasteiger partial charge on any atom is -0.480 e. The van der Waals surface area contributed by atoms with Crippen molar-refractivity contribution in [3.63, 3.8) is 0 Å². The predicted molar refractivity (Wildman–Crippen MR) is 144 cm³/mol. The lowest BCUT2D eigenvalue weighted by atomic mass is 9.96. The number of imidazole rings is 1. The van der Waals surface area contributed by atoms with Crippen LogP contribution in [0.2, 0.25) is 0 Å². The van der Waals surface area contributed by atoms with Gasteiger partial charge in [0.05, 0.1) is 12.8 Å². The van der Waals surface area contributed by atoms with Gasteiger partial charge in [-0.25, -0.2) is 24.9 Å². The van der Waals surface area contributed by atoms with Crippen molar-refractivity contribution in [2.45, 2.75) is 63.2 Å². The zero-order valence-corrected chi connectivity index (χ0v) is 22.5.